The number of esters is 3. The Kier molecular flexibility index (Phi) is 59.3. The molecule has 75 heavy (non-hydrogen) atoms. The first-order chi connectivity index (χ1) is 37.0. The molecule has 0 radical (unpaired) electrons. The van der Waals surface area contributed by atoms with Crippen LogP contribution in [-0.2, 0) is 28.6 Å². The highest BCUT2D eigenvalue weighted by Crippen LogP contribution is 2.15. The van der Waals surface area contributed by atoms with Crippen molar-refractivity contribution in [1.82, 2.24) is 0 Å². The van der Waals surface area contributed by atoms with Gasteiger partial charge in [0.25, 0.3) is 0 Å². The second kappa shape index (κ2) is 62.6. The molecule has 6 heteroatoms. The number of ether oxygens (including phenoxy) is 3. The molecule has 0 aliphatic carbocycles. The van der Waals surface area contributed by atoms with Gasteiger partial charge in [-0.15, -0.1) is 0 Å². The molecule has 6 nitrogen and oxygen atoms in total. The molecule has 428 valence electrons. The van der Waals surface area contributed by atoms with Gasteiger partial charge >= 0.3 is 17.9 Å². The quantitative estimate of drug-likeness (QED) is 0.0261. The third-order valence-corrected chi connectivity index (χ3v) is 13.2. The monoisotopic (exact) mass is 1040 g/mol. The molecule has 0 heterocycles. The zero-order chi connectivity index (χ0) is 54.3. The van der Waals surface area contributed by atoms with Gasteiger partial charge in [-0.2, -0.15) is 0 Å². The summed E-state index contributed by atoms with van der Waals surface area (Å²) in [5, 5.41) is 0. The second-order valence-electron chi connectivity index (χ2n) is 20.6. The summed E-state index contributed by atoms with van der Waals surface area (Å²) in [6, 6.07) is 0. The van der Waals surface area contributed by atoms with E-state index in [1.54, 1.807) is 0 Å². The fraction of sp³-hybridized carbons (Fsp3) is 0.696. The van der Waals surface area contributed by atoms with Crippen LogP contribution in [0.3, 0.4) is 0 Å². The summed E-state index contributed by atoms with van der Waals surface area (Å²) in [7, 11) is 0. The van der Waals surface area contributed by atoms with Crippen molar-refractivity contribution in [2.45, 2.75) is 297 Å². The van der Waals surface area contributed by atoms with Crippen molar-refractivity contribution in [2.24, 2.45) is 0 Å². The molecule has 0 saturated carbocycles. The molecule has 0 fully saturated rings. The van der Waals surface area contributed by atoms with E-state index in [0.29, 0.717) is 19.3 Å². The van der Waals surface area contributed by atoms with Gasteiger partial charge < -0.3 is 14.2 Å². The molecule has 0 aromatic carbocycles. The van der Waals surface area contributed by atoms with Gasteiger partial charge in [0.15, 0.2) is 6.10 Å². The van der Waals surface area contributed by atoms with Crippen LogP contribution in [0.2, 0.25) is 0 Å². The van der Waals surface area contributed by atoms with Gasteiger partial charge in [-0.1, -0.05) is 252 Å². The lowest BCUT2D eigenvalue weighted by atomic mass is 10.1. The molecule has 0 bridgehead atoms. The van der Waals surface area contributed by atoms with Crippen LogP contribution in [0, 0.1) is 0 Å². The molecule has 1 unspecified atom stereocenters. The van der Waals surface area contributed by atoms with Gasteiger partial charge in [0, 0.05) is 19.3 Å². The summed E-state index contributed by atoms with van der Waals surface area (Å²) in [5.74, 6) is -0.912. The number of hydrogen-bond acceptors (Lipinski definition) is 6. The fourth-order valence-electron chi connectivity index (χ4n) is 8.53. The Labute approximate surface area is 463 Å². The molecule has 0 aromatic rings. The maximum absolute atomic E-state index is 12.9. The van der Waals surface area contributed by atoms with Gasteiger partial charge in [0.1, 0.15) is 13.2 Å². The molecule has 0 amide bonds. The zero-order valence-corrected chi connectivity index (χ0v) is 49.0. The van der Waals surface area contributed by atoms with Crippen molar-refractivity contribution in [3.8, 4) is 0 Å². The minimum atomic E-state index is -0.792. The highest BCUT2D eigenvalue weighted by molar-refractivity contribution is 5.71. The molecular formula is C69H116O6. The van der Waals surface area contributed by atoms with Crippen LogP contribution in [0.5, 0.6) is 0 Å². The third-order valence-electron chi connectivity index (χ3n) is 13.2. The summed E-state index contributed by atoms with van der Waals surface area (Å²) in [6.07, 6.45) is 85.1. The van der Waals surface area contributed by atoms with Crippen LogP contribution in [0.15, 0.2) is 109 Å². The van der Waals surface area contributed by atoms with Gasteiger partial charge in [-0.05, 0) is 128 Å². The molecule has 0 aliphatic rings. The Morgan fingerprint density at radius 1 is 0.280 bits per heavy atom. The number of allylic oxidation sites excluding steroid dienone is 18. The van der Waals surface area contributed by atoms with E-state index in [2.05, 4.69) is 130 Å². The fourth-order valence-corrected chi connectivity index (χ4v) is 8.53. The van der Waals surface area contributed by atoms with E-state index in [1.165, 1.54) is 122 Å². The van der Waals surface area contributed by atoms with Crippen LogP contribution < -0.4 is 0 Å². The first-order valence-electron chi connectivity index (χ1n) is 31.4. The van der Waals surface area contributed by atoms with Crippen molar-refractivity contribution in [3.05, 3.63) is 109 Å². The predicted molar refractivity (Wildman–Crippen MR) is 325 cm³/mol. The van der Waals surface area contributed by atoms with E-state index < -0.39 is 6.10 Å². The van der Waals surface area contributed by atoms with E-state index in [1.807, 2.05) is 0 Å². The number of unbranched alkanes of at least 4 members (excludes halogenated alkanes) is 27. The average Bonchev–Trinajstić information content (AvgIpc) is 3.41. The van der Waals surface area contributed by atoms with E-state index in [0.717, 1.165) is 128 Å². The first kappa shape index (κ1) is 71.1. The maximum Gasteiger partial charge on any atom is 0.306 e. The summed E-state index contributed by atoms with van der Waals surface area (Å²) >= 11 is 0. The predicted octanol–water partition coefficient (Wildman–Crippen LogP) is 21.4. The molecule has 0 aliphatic heterocycles. The van der Waals surface area contributed by atoms with Crippen molar-refractivity contribution >= 4 is 17.9 Å². The Hall–Kier alpha value is -3.93. The average molecular weight is 1040 g/mol. The lowest BCUT2D eigenvalue weighted by molar-refractivity contribution is -0.167. The number of hydrogen-bond donors (Lipinski definition) is 0. The third kappa shape index (κ3) is 60.8. The van der Waals surface area contributed by atoms with Gasteiger partial charge in [-0.3, -0.25) is 14.4 Å². The number of carbonyl (C=O) groups excluding carboxylic acids is 3. The Balaban J connectivity index is 4.33. The minimum Gasteiger partial charge on any atom is -0.462 e. The van der Waals surface area contributed by atoms with Crippen molar-refractivity contribution in [1.29, 1.82) is 0 Å². The molecule has 0 spiro atoms. The Bertz CT molecular complexity index is 1520. The molecule has 0 N–H and O–H groups in total. The summed E-state index contributed by atoms with van der Waals surface area (Å²) in [5.41, 5.74) is 0. The van der Waals surface area contributed by atoms with Gasteiger partial charge in [0.05, 0.1) is 0 Å². The summed E-state index contributed by atoms with van der Waals surface area (Å²) in [4.78, 5) is 38.2. The van der Waals surface area contributed by atoms with Crippen LogP contribution in [0.4, 0.5) is 0 Å². The number of rotatable bonds is 56. The second-order valence-corrected chi connectivity index (χ2v) is 20.6. The van der Waals surface area contributed by atoms with Crippen LogP contribution in [0.25, 0.3) is 0 Å². The van der Waals surface area contributed by atoms with E-state index in [9.17, 15) is 14.4 Å². The highest BCUT2D eigenvalue weighted by Gasteiger charge is 2.19. The molecule has 0 saturated heterocycles. The smallest absolute Gasteiger partial charge is 0.306 e. The topological polar surface area (TPSA) is 78.9 Å². The lowest BCUT2D eigenvalue weighted by Gasteiger charge is -2.18. The molecule has 0 rings (SSSR count). The van der Waals surface area contributed by atoms with Crippen LogP contribution in [0.1, 0.15) is 290 Å². The molecule has 0 aromatic heterocycles. The van der Waals surface area contributed by atoms with Gasteiger partial charge in [0.2, 0.25) is 0 Å². The summed E-state index contributed by atoms with van der Waals surface area (Å²) in [6.45, 7) is 6.49. The highest BCUT2D eigenvalue weighted by atomic mass is 16.6. The summed E-state index contributed by atoms with van der Waals surface area (Å²) < 4.78 is 16.9. The van der Waals surface area contributed by atoms with Crippen molar-refractivity contribution < 1.29 is 28.6 Å². The van der Waals surface area contributed by atoms with E-state index in [-0.39, 0.29) is 31.1 Å². The Morgan fingerprint density at radius 2 is 0.520 bits per heavy atom. The van der Waals surface area contributed by atoms with Crippen LogP contribution >= 0.6 is 0 Å². The molecular weight excluding hydrogens is 925 g/mol. The van der Waals surface area contributed by atoms with Crippen molar-refractivity contribution in [2.75, 3.05) is 13.2 Å². The lowest BCUT2D eigenvalue weighted by Crippen LogP contribution is -2.30. The number of carbonyl (C=O) groups is 3. The largest absolute Gasteiger partial charge is 0.462 e. The van der Waals surface area contributed by atoms with E-state index in [4.69, 9.17) is 14.2 Å². The molecule has 1 atom stereocenters. The van der Waals surface area contributed by atoms with E-state index >= 15 is 0 Å². The SMILES string of the molecule is CC/C=C\C/C=C\C/C=C\C/C=C\C/C=C\C/C=C\C/C=C\CCCCCCCCCC(=O)OCC(COC(=O)CCCCCCC/C=C\CCCCCCC)OC(=O)CCCCCCC/C=C\CCCCCCC. The zero-order valence-electron chi connectivity index (χ0n) is 49.0. The normalized spacial score (nSPS) is 12.8. The Morgan fingerprint density at radius 3 is 0.827 bits per heavy atom. The van der Waals surface area contributed by atoms with Crippen molar-refractivity contribution in [3.63, 3.8) is 0 Å². The standard InChI is InChI=1S/C69H116O6/c1-4-7-10-13-16-19-22-25-28-29-30-31-32-33-34-35-36-37-38-39-40-41-42-45-47-50-53-56-59-62-68(71)74-65-66(75-69(72)63-60-57-54-51-48-44-27-24-21-18-15-12-9-6-3)64-73-67(70)61-58-55-52-49-46-43-26-23-20-17-14-11-8-5-2/h7,10,16,19,23-28,30-31,33-34,36-37,39-40,66H,4-6,8-9,11-15,17-18,20-22,29,32,35,38,41-65H2,1-3H3/b10-7-,19-16-,26-23-,27-24-,28-25-,31-30-,34-33-,37-36-,40-39-. The van der Waals surface area contributed by atoms with Crippen LogP contribution in [-0.4, -0.2) is 37.2 Å². The minimum absolute atomic E-state index is 0.0890. The maximum atomic E-state index is 12.9. The van der Waals surface area contributed by atoms with Gasteiger partial charge in [-0.25, -0.2) is 0 Å². The first-order valence-corrected chi connectivity index (χ1v) is 31.4.